The smallest absolute Gasteiger partial charge is 0.336 e. The van der Waals surface area contributed by atoms with Crippen LogP contribution in [-0.2, 0) is 0 Å². The molecular formula is C12H8BrFN2O3S. The van der Waals surface area contributed by atoms with Crippen LogP contribution in [0, 0.1) is 12.7 Å². The van der Waals surface area contributed by atoms with E-state index in [2.05, 4.69) is 25.9 Å². The molecule has 20 heavy (non-hydrogen) atoms. The molecule has 0 atom stereocenters. The van der Waals surface area contributed by atoms with E-state index in [1.807, 2.05) is 0 Å². The van der Waals surface area contributed by atoms with Crippen LogP contribution in [0.1, 0.15) is 16.1 Å². The van der Waals surface area contributed by atoms with Gasteiger partial charge in [0.2, 0.25) is 0 Å². The second kappa shape index (κ2) is 5.76. The van der Waals surface area contributed by atoms with Gasteiger partial charge in [-0.2, -0.15) is 0 Å². The fraction of sp³-hybridized carbons (Fsp3) is 0.0833. The van der Waals surface area contributed by atoms with Gasteiger partial charge in [0, 0.05) is 11.8 Å². The number of rotatable bonds is 3. The lowest BCUT2D eigenvalue weighted by atomic mass is 10.2. The first-order chi connectivity index (χ1) is 9.38. The van der Waals surface area contributed by atoms with E-state index in [-0.39, 0.29) is 25.6 Å². The van der Waals surface area contributed by atoms with Crippen LogP contribution in [0.15, 0.2) is 37.5 Å². The number of aromatic amines is 1. The lowest BCUT2D eigenvalue weighted by molar-refractivity contribution is 0.0695. The highest BCUT2D eigenvalue weighted by Crippen LogP contribution is 2.32. The molecule has 2 rings (SSSR count). The highest BCUT2D eigenvalue weighted by molar-refractivity contribution is 9.10. The van der Waals surface area contributed by atoms with E-state index in [0.29, 0.717) is 5.69 Å². The Morgan fingerprint density at radius 1 is 1.50 bits per heavy atom. The van der Waals surface area contributed by atoms with Gasteiger partial charge < -0.3 is 10.1 Å². The Morgan fingerprint density at radius 3 is 2.80 bits per heavy atom. The minimum absolute atomic E-state index is 0.134. The first-order valence-corrected chi connectivity index (χ1v) is 6.96. The van der Waals surface area contributed by atoms with Gasteiger partial charge in [-0.05, 0) is 46.7 Å². The Hall–Kier alpha value is -1.67. The van der Waals surface area contributed by atoms with E-state index in [1.54, 1.807) is 6.92 Å². The fourth-order valence-corrected chi connectivity index (χ4v) is 3.00. The average Bonchev–Trinajstić information content (AvgIpc) is 2.33. The number of aromatic carboxylic acids is 1. The van der Waals surface area contributed by atoms with E-state index in [4.69, 9.17) is 5.11 Å². The fourth-order valence-electron chi connectivity index (χ4n) is 1.48. The molecule has 2 aromatic rings. The third kappa shape index (κ3) is 3.07. The molecule has 0 aliphatic carbocycles. The summed E-state index contributed by atoms with van der Waals surface area (Å²) in [6.07, 6.45) is 0. The van der Waals surface area contributed by atoms with Crippen LogP contribution >= 0.6 is 27.7 Å². The number of carbonyl (C=O) groups is 1. The summed E-state index contributed by atoms with van der Waals surface area (Å²) in [6.45, 7) is 1.65. The number of nitrogens with one attached hydrogen (secondary N) is 1. The molecule has 5 nitrogen and oxygen atoms in total. The Kier molecular flexibility index (Phi) is 4.24. The van der Waals surface area contributed by atoms with Crippen LogP contribution in [0.4, 0.5) is 4.39 Å². The Balaban J connectivity index is 2.42. The Labute approximate surface area is 125 Å². The van der Waals surface area contributed by atoms with Gasteiger partial charge in [-0.25, -0.2) is 14.2 Å². The summed E-state index contributed by atoms with van der Waals surface area (Å²) in [4.78, 5) is 28.9. The molecule has 0 fully saturated rings. The van der Waals surface area contributed by atoms with Crippen LogP contribution in [0.25, 0.3) is 0 Å². The van der Waals surface area contributed by atoms with Gasteiger partial charge in [0.25, 0.3) is 5.56 Å². The minimum Gasteiger partial charge on any atom is -0.478 e. The number of hydrogen-bond acceptors (Lipinski definition) is 4. The molecule has 104 valence electrons. The molecule has 0 aliphatic heterocycles. The molecular weight excluding hydrogens is 351 g/mol. The molecule has 0 spiro atoms. The molecule has 0 unspecified atom stereocenters. The van der Waals surface area contributed by atoms with Crippen molar-refractivity contribution in [3.63, 3.8) is 0 Å². The summed E-state index contributed by atoms with van der Waals surface area (Å²) in [7, 11) is 0. The van der Waals surface area contributed by atoms with Crippen molar-refractivity contribution < 1.29 is 14.3 Å². The molecule has 1 aromatic carbocycles. The lowest BCUT2D eigenvalue weighted by Gasteiger charge is -2.06. The second-order valence-corrected chi connectivity index (χ2v) is 5.66. The quantitative estimate of drug-likeness (QED) is 0.824. The van der Waals surface area contributed by atoms with E-state index >= 15 is 0 Å². The van der Waals surface area contributed by atoms with Crippen molar-refractivity contribution in [2.75, 3.05) is 0 Å². The van der Waals surface area contributed by atoms with Gasteiger partial charge in [-0.15, -0.1) is 0 Å². The second-order valence-electron chi connectivity index (χ2n) is 3.84. The van der Waals surface area contributed by atoms with Crippen LogP contribution < -0.4 is 5.56 Å². The van der Waals surface area contributed by atoms with Crippen molar-refractivity contribution in [1.29, 1.82) is 0 Å². The number of benzene rings is 1. The molecule has 2 N–H and O–H groups in total. The van der Waals surface area contributed by atoms with Gasteiger partial charge in [0.15, 0.2) is 11.0 Å². The van der Waals surface area contributed by atoms with Crippen LogP contribution in [0.2, 0.25) is 0 Å². The number of carboxylic acids is 1. The minimum atomic E-state index is -1.23. The summed E-state index contributed by atoms with van der Waals surface area (Å²) in [5.74, 6) is -1.94. The third-order valence-electron chi connectivity index (χ3n) is 2.33. The van der Waals surface area contributed by atoms with Crippen molar-refractivity contribution in [2.24, 2.45) is 0 Å². The summed E-state index contributed by atoms with van der Waals surface area (Å²) in [5, 5.41) is 9.12. The number of nitrogens with zero attached hydrogens (tertiary/aromatic N) is 1. The van der Waals surface area contributed by atoms with Crippen molar-refractivity contribution in [1.82, 2.24) is 9.97 Å². The maximum atomic E-state index is 14.1. The van der Waals surface area contributed by atoms with Crippen molar-refractivity contribution >= 4 is 33.7 Å². The molecule has 0 aliphatic rings. The summed E-state index contributed by atoms with van der Waals surface area (Å²) in [6, 6.07) is 3.94. The summed E-state index contributed by atoms with van der Waals surface area (Å²) < 4.78 is 13.9. The van der Waals surface area contributed by atoms with E-state index < -0.39 is 11.8 Å². The van der Waals surface area contributed by atoms with Crippen molar-refractivity contribution in [3.05, 3.63) is 50.1 Å². The molecule has 1 heterocycles. The van der Waals surface area contributed by atoms with Gasteiger partial charge >= 0.3 is 5.97 Å². The number of H-pyrrole nitrogens is 1. The molecule has 0 amide bonds. The van der Waals surface area contributed by atoms with Gasteiger partial charge in [-0.1, -0.05) is 0 Å². The summed E-state index contributed by atoms with van der Waals surface area (Å²) >= 11 is 3.82. The monoisotopic (exact) mass is 358 g/mol. The molecule has 0 saturated carbocycles. The Bertz CT molecular complexity index is 748. The lowest BCUT2D eigenvalue weighted by Crippen LogP contribution is -2.08. The molecule has 8 heteroatoms. The van der Waals surface area contributed by atoms with Crippen LogP contribution in [-0.4, -0.2) is 21.0 Å². The zero-order valence-corrected chi connectivity index (χ0v) is 12.5. The first kappa shape index (κ1) is 14.7. The maximum Gasteiger partial charge on any atom is 0.336 e. The van der Waals surface area contributed by atoms with E-state index in [1.165, 1.54) is 18.2 Å². The average molecular weight is 359 g/mol. The van der Waals surface area contributed by atoms with Gasteiger partial charge in [0.05, 0.1) is 14.9 Å². The van der Waals surface area contributed by atoms with Gasteiger partial charge in [0.1, 0.15) is 0 Å². The zero-order valence-electron chi connectivity index (χ0n) is 10.1. The van der Waals surface area contributed by atoms with Crippen LogP contribution in [0.3, 0.4) is 0 Å². The standard InChI is InChI=1S/C12H8BrFN2O3S/c1-5-4-8(17)16-12(15-5)20-7-3-2-6(11(18)19)9(13)10(7)14/h2-4H,1H3,(H,18,19)(H,15,16,17). The van der Waals surface area contributed by atoms with E-state index in [0.717, 1.165) is 11.8 Å². The highest BCUT2D eigenvalue weighted by atomic mass is 79.9. The molecule has 0 saturated heterocycles. The summed E-state index contributed by atoms with van der Waals surface area (Å²) in [5.41, 5.74) is 0.0112. The van der Waals surface area contributed by atoms with Crippen LogP contribution in [0.5, 0.6) is 0 Å². The highest BCUT2D eigenvalue weighted by Gasteiger charge is 2.17. The number of aromatic nitrogens is 2. The predicted octanol–water partition coefficient (Wildman–Crippen LogP) is 2.83. The largest absolute Gasteiger partial charge is 0.478 e. The third-order valence-corrected chi connectivity index (χ3v) is 4.03. The SMILES string of the molecule is Cc1cc(=O)[nH]c(Sc2ccc(C(=O)O)c(Br)c2F)n1. The number of aryl methyl sites for hydroxylation is 1. The number of halogens is 2. The van der Waals surface area contributed by atoms with Crippen molar-refractivity contribution in [2.45, 2.75) is 17.0 Å². The van der Waals surface area contributed by atoms with Gasteiger partial charge in [-0.3, -0.25) is 4.79 Å². The first-order valence-electron chi connectivity index (χ1n) is 5.35. The molecule has 0 bridgehead atoms. The molecule has 0 radical (unpaired) electrons. The van der Waals surface area contributed by atoms with E-state index in [9.17, 15) is 14.0 Å². The Morgan fingerprint density at radius 2 is 2.20 bits per heavy atom. The normalized spacial score (nSPS) is 10.6. The predicted molar refractivity (Wildman–Crippen MR) is 74.8 cm³/mol. The molecule has 1 aromatic heterocycles. The van der Waals surface area contributed by atoms with Crippen molar-refractivity contribution in [3.8, 4) is 0 Å². The maximum absolute atomic E-state index is 14.1. The zero-order chi connectivity index (χ0) is 14.9. The number of hydrogen-bond donors (Lipinski definition) is 2. The topological polar surface area (TPSA) is 83.0 Å². The number of carboxylic acid groups (broad SMARTS) is 1.